The fourth-order valence-electron chi connectivity index (χ4n) is 1.16. The lowest BCUT2D eigenvalue weighted by atomic mass is 10.4. The van der Waals surface area contributed by atoms with Gasteiger partial charge in [0.2, 0.25) is 5.16 Å². The van der Waals surface area contributed by atoms with E-state index in [0.717, 1.165) is 16.6 Å². The zero-order chi connectivity index (χ0) is 11.4. The van der Waals surface area contributed by atoms with Crippen LogP contribution in [0.15, 0.2) is 16.0 Å². The van der Waals surface area contributed by atoms with E-state index in [1.54, 1.807) is 4.68 Å². The Morgan fingerprint density at radius 1 is 1.56 bits per heavy atom. The number of nitrogens with two attached hydrogens (primary N) is 1. The molecule has 0 unspecified atom stereocenters. The Morgan fingerprint density at radius 2 is 2.44 bits per heavy atom. The van der Waals surface area contributed by atoms with Gasteiger partial charge in [0, 0.05) is 12.3 Å². The van der Waals surface area contributed by atoms with Crippen molar-refractivity contribution >= 4 is 11.8 Å². The van der Waals surface area contributed by atoms with Crippen molar-refractivity contribution in [3.8, 4) is 0 Å². The number of hydrogen-bond donors (Lipinski definition) is 1. The van der Waals surface area contributed by atoms with Gasteiger partial charge in [-0.25, -0.2) is 9.67 Å². The maximum Gasteiger partial charge on any atom is 0.209 e. The molecule has 0 fully saturated rings. The van der Waals surface area contributed by atoms with E-state index in [2.05, 4.69) is 20.5 Å². The third-order valence-corrected chi connectivity index (χ3v) is 2.99. The van der Waals surface area contributed by atoms with Crippen molar-refractivity contribution in [3.63, 3.8) is 0 Å². The minimum atomic E-state index is 0.515. The second-order valence-electron chi connectivity index (χ2n) is 3.12. The summed E-state index contributed by atoms with van der Waals surface area (Å²) in [6.07, 6.45) is 1.44. The average molecular weight is 240 g/mol. The average Bonchev–Trinajstić information content (AvgIpc) is 2.86. The maximum absolute atomic E-state index is 5.45. The molecule has 7 nitrogen and oxygen atoms in total. The van der Waals surface area contributed by atoms with Crippen molar-refractivity contribution < 1.29 is 4.42 Å². The number of hydrogen-bond acceptors (Lipinski definition) is 7. The van der Waals surface area contributed by atoms with Gasteiger partial charge in [-0.1, -0.05) is 11.8 Å². The topological polar surface area (TPSA) is 95.6 Å². The monoisotopic (exact) mass is 240 g/mol. The molecule has 0 radical (unpaired) electrons. The molecule has 2 heterocycles. The molecule has 2 aromatic heterocycles. The Bertz CT molecular complexity index is 453. The quantitative estimate of drug-likeness (QED) is 0.747. The summed E-state index contributed by atoms with van der Waals surface area (Å²) in [5.41, 5.74) is 6.36. The standard InChI is InChI=1S/C8H12N6OS/c1-6-7(10-5-15-6)4-16-8-11-12-13-14(8)3-2-9/h5H,2-4,9H2,1H3. The van der Waals surface area contributed by atoms with Gasteiger partial charge in [0.25, 0.3) is 0 Å². The largest absolute Gasteiger partial charge is 0.448 e. The summed E-state index contributed by atoms with van der Waals surface area (Å²) in [5.74, 6) is 1.51. The van der Waals surface area contributed by atoms with Crippen LogP contribution in [0.2, 0.25) is 0 Å². The van der Waals surface area contributed by atoms with Crippen LogP contribution in [0, 0.1) is 6.92 Å². The van der Waals surface area contributed by atoms with E-state index in [-0.39, 0.29) is 0 Å². The zero-order valence-electron chi connectivity index (χ0n) is 8.83. The SMILES string of the molecule is Cc1ocnc1CSc1nnnn1CCN. The number of thioether (sulfide) groups is 1. The van der Waals surface area contributed by atoms with Crippen molar-refractivity contribution in [3.05, 3.63) is 17.8 Å². The fraction of sp³-hybridized carbons (Fsp3) is 0.500. The van der Waals surface area contributed by atoms with Gasteiger partial charge in [0.15, 0.2) is 6.39 Å². The smallest absolute Gasteiger partial charge is 0.209 e. The van der Waals surface area contributed by atoms with Crippen LogP contribution in [0.3, 0.4) is 0 Å². The first-order chi connectivity index (χ1) is 7.81. The fourth-order valence-corrected chi connectivity index (χ4v) is 2.08. The molecule has 86 valence electrons. The highest BCUT2D eigenvalue weighted by molar-refractivity contribution is 7.98. The van der Waals surface area contributed by atoms with E-state index < -0.39 is 0 Å². The molecule has 0 aliphatic heterocycles. The number of rotatable bonds is 5. The number of tetrazole rings is 1. The molecule has 2 rings (SSSR count). The highest BCUT2D eigenvalue weighted by atomic mass is 32.2. The first kappa shape index (κ1) is 11.1. The molecular weight excluding hydrogens is 228 g/mol. The third-order valence-electron chi connectivity index (χ3n) is 2.02. The predicted molar refractivity (Wildman–Crippen MR) is 57.7 cm³/mol. The number of aromatic nitrogens is 5. The van der Waals surface area contributed by atoms with E-state index in [1.165, 1.54) is 18.2 Å². The maximum atomic E-state index is 5.45. The van der Waals surface area contributed by atoms with Crippen LogP contribution in [-0.4, -0.2) is 31.7 Å². The van der Waals surface area contributed by atoms with E-state index >= 15 is 0 Å². The Labute approximate surface area is 96.4 Å². The van der Waals surface area contributed by atoms with Crippen molar-refractivity contribution in [1.82, 2.24) is 25.2 Å². The van der Waals surface area contributed by atoms with E-state index in [0.29, 0.717) is 18.8 Å². The van der Waals surface area contributed by atoms with Gasteiger partial charge in [-0.05, 0) is 17.4 Å². The molecule has 0 spiro atoms. The summed E-state index contributed by atoms with van der Waals surface area (Å²) in [6, 6.07) is 0. The summed E-state index contributed by atoms with van der Waals surface area (Å²) >= 11 is 1.51. The van der Waals surface area contributed by atoms with Crippen molar-refractivity contribution in [2.75, 3.05) is 6.54 Å². The van der Waals surface area contributed by atoms with Crippen LogP contribution in [0.5, 0.6) is 0 Å². The third kappa shape index (κ3) is 2.39. The molecule has 0 bridgehead atoms. The second kappa shape index (κ2) is 5.08. The molecule has 0 aliphatic rings. The van der Waals surface area contributed by atoms with Crippen LogP contribution in [0.1, 0.15) is 11.5 Å². The van der Waals surface area contributed by atoms with Gasteiger partial charge in [0.05, 0.1) is 12.2 Å². The van der Waals surface area contributed by atoms with Crippen LogP contribution in [0.25, 0.3) is 0 Å². The van der Waals surface area contributed by atoms with Gasteiger partial charge in [-0.2, -0.15) is 0 Å². The molecule has 0 aliphatic carbocycles. The molecular formula is C8H12N6OS. The number of aryl methyl sites for hydroxylation is 1. The molecule has 0 amide bonds. The summed E-state index contributed by atoms with van der Waals surface area (Å²) < 4.78 is 6.79. The number of nitrogens with zero attached hydrogens (tertiary/aromatic N) is 5. The molecule has 2 aromatic rings. The first-order valence-electron chi connectivity index (χ1n) is 4.79. The van der Waals surface area contributed by atoms with E-state index in [1.807, 2.05) is 6.92 Å². The van der Waals surface area contributed by atoms with Gasteiger partial charge in [-0.15, -0.1) is 5.10 Å². The second-order valence-corrected chi connectivity index (χ2v) is 4.06. The van der Waals surface area contributed by atoms with Crippen LogP contribution < -0.4 is 5.73 Å². The summed E-state index contributed by atoms with van der Waals surface area (Å²) in [6.45, 7) is 3.01. The van der Waals surface area contributed by atoms with Gasteiger partial charge in [-0.3, -0.25) is 0 Å². The molecule has 8 heteroatoms. The highest BCUT2D eigenvalue weighted by Crippen LogP contribution is 2.20. The molecule has 0 atom stereocenters. The predicted octanol–water partition coefficient (Wildman–Crippen LogP) is 0.221. The zero-order valence-corrected chi connectivity index (χ0v) is 9.65. The molecule has 16 heavy (non-hydrogen) atoms. The molecule has 0 saturated heterocycles. The Kier molecular flexibility index (Phi) is 3.52. The summed E-state index contributed by atoms with van der Waals surface area (Å²) in [5, 5.41) is 12.1. The van der Waals surface area contributed by atoms with Gasteiger partial charge < -0.3 is 10.2 Å². The van der Waals surface area contributed by atoms with Crippen molar-refractivity contribution in [2.45, 2.75) is 24.4 Å². The lowest BCUT2D eigenvalue weighted by molar-refractivity contribution is 0.525. The molecule has 0 aromatic carbocycles. The Hall–Kier alpha value is -1.41. The van der Waals surface area contributed by atoms with Crippen LogP contribution in [-0.2, 0) is 12.3 Å². The summed E-state index contributed by atoms with van der Waals surface area (Å²) in [7, 11) is 0. The normalized spacial score (nSPS) is 10.9. The highest BCUT2D eigenvalue weighted by Gasteiger charge is 2.09. The van der Waals surface area contributed by atoms with E-state index in [9.17, 15) is 0 Å². The number of oxazole rings is 1. The first-order valence-corrected chi connectivity index (χ1v) is 5.78. The van der Waals surface area contributed by atoms with Crippen molar-refractivity contribution in [1.29, 1.82) is 0 Å². The minimum Gasteiger partial charge on any atom is -0.448 e. The minimum absolute atomic E-state index is 0.515. The van der Waals surface area contributed by atoms with Crippen molar-refractivity contribution in [2.24, 2.45) is 5.73 Å². The van der Waals surface area contributed by atoms with Gasteiger partial charge in [0.1, 0.15) is 5.76 Å². The lowest BCUT2D eigenvalue weighted by Crippen LogP contribution is -2.12. The Morgan fingerprint density at radius 3 is 3.12 bits per heavy atom. The lowest BCUT2D eigenvalue weighted by Gasteiger charge is -2.00. The van der Waals surface area contributed by atoms with E-state index in [4.69, 9.17) is 10.2 Å². The molecule has 0 saturated carbocycles. The van der Waals surface area contributed by atoms with Gasteiger partial charge >= 0.3 is 0 Å². The van der Waals surface area contributed by atoms with Crippen LogP contribution in [0.4, 0.5) is 0 Å². The Balaban J connectivity index is 1.99. The van der Waals surface area contributed by atoms with Crippen LogP contribution >= 0.6 is 11.8 Å². The molecule has 2 N–H and O–H groups in total. The summed E-state index contributed by atoms with van der Waals surface area (Å²) in [4.78, 5) is 4.10.